The van der Waals surface area contributed by atoms with Crippen molar-refractivity contribution in [3.8, 4) is 5.88 Å². The monoisotopic (exact) mass is 280 g/mol. The van der Waals surface area contributed by atoms with Gasteiger partial charge in [-0.25, -0.2) is 0 Å². The Kier molecular flexibility index (Phi) is 4.73. The van der Waals surface area contributed by atoms with E-state index in [1.165, 1.54) is 25.7 Å². The van der Waals surface area contributed by atoms with Crippen molar-refractivity contribution in [2.24, 2.45) is 0 Å². The van der Waals surface area contributed by atoms with Gasteiger partial charge in [-0.15, -0.1) is 0 Å². The lowest BCUT2D eigenvalue weighted by atomic mass is 10.2. The highest BCUT2D eigenvalue weighted by atomic mass is 16.6. The van der Waals surface area contributed by atoms with Crippen molar-refractivity contribution >= 4 is 11.5 Å². The van der Waals surface area contributed by atoms with Gasteiger partial charge in [-0.1, -0.05) is 6.92 Å². The minimum Gasteiger partial charge on any atom is -0.481 e. The van der Waals surface area contributed by atoms with E-state index in [0.29, 0.717) is 18.5 Å². The van der Waals surface area contributed by atoms with Gasteiger partial charge in [0.1, 0.15) is 0 Å². The normalized spacial score (nSPS) is 19.0. The largest absolute Gasteiger partial charge is 0.481 e. The molecule has 1 atom stereocenters. The van der Waals surface area contributed by atoms with Crippen molar-refractivity contribution in [1.82, 2.24) is 9.88 Å². The van der Waals surface area contributed by atoms with E-state index in [4.69, 9.17) is 4.74 Å². The van der Waals surface area contributed by atoms with Gasteiger partial charge >= 0.3 is 5.69 Å². The number of nitrogens with one attached hydrogen (secondary N) is 1. The van der Waals surface area contributed by atoms with Crippen LogP contribution >= 0.6 is 0 Å². The maximum Gasteiger partial charge on any atom is 0.311 e. The first-order valence-electron chi connectivity index (χ1n) is 6.83. The Morgan fingerprint density at radius 3 is 3.05 bits per heavy atom. The molecule has 1 fully saturated rings. The van der Waals surface area contributed by atoms with Crippen LogP contribution in [0.3, 0.4) is 0 Å². The van der Waals surface area contributed by atoms with Gasteiger partial charge < -0.3 is 10.1 Å². The van der Waals surface area contributed by atoms with Gasteiger partial charge in [-0.2, -0.15) is 4.98 Å². The topological polar surface area (TPSA) is 80.5 Å². The summed E-state index contributed by atoms with van der Waals surface area (Å²) in [4.78, 5) is 17.1. The van der Waals surface area contributed by atoms with E-state index in [-0.39, 0.29) is 11.5 Å². The van der Waals surface area contributed by atoms with Crippen molar-refractivity contribution in [3.63, 3.8) is 0 Å². The Bertz CT molecular complexity index is 481. The Morgan fingerprint density at radius 1 is 1.60 bits per heavy atom. The molecule has 1 unspecified atom stereocenters. The molecule has 110 valence electrons. The lowest BCUT2D eigenvalue weighted by Gasteiger charge is -2.23. The van der Waals surface area contributed by atoms with Crippen LogP contribution in [0.25, 0.3) is 0 Å². The minimum absolute atomic E-state index is 0.0214. The SMILES string of the molecule is CCN1CCCC1CNc1nc(OC)ccc1[N+](=O)[O-]. The molecule has 20 heavy (non-hydrogen) atoms. The fraction of sp³-hybridized carbons (Fsp3) is 0.615. The Balaban J connectivity index is 2.09. The highest BCUT2D eigenvalue weighted by Gasteiger charge is 2.24. The molecule has 2 rings (SSSR count). The predicted octanol–water partition coefficient (Wildman–Crippen LogP) is 1.89. The second-order valence-electron chi connectivity index (χ2n) is 4.78. The number of pyridine rings is 1. The van der Waals surface area contributed by atoms with E-state index < -0.39 is 4.92 Å². The van der Waals surface area contributed by atoms with Crippen LogP contribution in [-0.2, 0) is 0 Å². The summed E-state index contributed by atoms with van der Waals surface area (Å²) in [6.45, 7) is 4.88. The zero-order valence-corrected chi connectivity index (χ0v) is 11.8. The molecule has 7 heteroatoms. The molecule has 1 saturated heterocycles. The maximum atomic E-state index is 11.0. The lowest BCUT2D eigenvalue weighted by Crippen LogP contribution is -2.34. The van der Waals surface area contributed by atoms with Gasteiger partial charge in [0.15, 0.2) is 0 Å². The summed E-state index contributed by atoms with van der Waals surface area (Å²) in [5.41, 5.74) is -0.0214. The lowest BCUT2D eigenvalue weighted by molar-refractivity contribution is -0.384. The third-order valence-corrected chi connectivity index (χ3v) is 3.66. The number of hydrogen-bond donors (Lipinski definition) is 1. The van der Waals surface area contributed by atoms with Crippen molar-refractivity contribution in [2.75, 3.05) is 32.1 Å². The summed E-state index contributed by atoms with van der Waals surface area (Å²) in [5, 5.41) is 14.1. The molecule has 7 nitrogen and oxygen atoms in total. The van der Waals surface area contributed by atoms with Crippen LogP contribution in [0.4, 0.5) is 11.5 Å². The smallest absolute Gasteiger partial charge is 0.311 e. The molecule has 0 amide bonds. The first-order valence-corrected chi connectivity index (χ1v) is 6.83. The minimum atomic E-state index is -0.430. The number of anilines is 1. The van der Waals surface area contributed by atoms with Crippen molar-refractivity contribution in [3.05, 3.63) is 22.2 Å². The number of methoxy groups -OCH3 is 1. The summed E-state index contributed by atoms with van der Waals surface area (Å²) in [5.74, 6) is 0.647. The average molecular weight is 280 g/mol. The summed E-state index contributed by atoms with van der Waals surface area (Å²) in [7, 11) is 1.49. The summed E-state index contributed by atoms with van der Waals surface area (Å²) in [6.07, 6.45) is 2.28. The predicted molar refractivity (Wildman–Crippen MR) is 76.2 cm³/mol. The summed E-state index contributed by atoms with van der Waals surface area (Å²) < 4.78 is 5.02. The highest BCUT2D eigenvalue weighted by molar-refractivity contribution is 5.57. The van der Waals surface area contributed by atoms with Crippen molar-refractivity contribution in [1.29, 1.82) is 0 Å². The van der Waals surface area contributed by atoms with Gasteiger partial charge in [0, 0.05) is 24.7 Å². The van der Waals surface area contributed by atoms with Crippen molar-refractivity contribution < 1.29 is 9.66 Å². The molecule has 0 saturated carbocycles. The highest BCUT2D eigenvalue weighted by Crippen LogP contribution is 2.25. The number of likely N-dealkylation sites (tertiary alicyclic amines) is 1. The number of likely N-dealkylation sites (N-methyl/N-ethyl adjacent to an activating group) is 1. The second kappa shape index (κ2) is 6.51. The average Bonchev–Trinajstić information content (AvgIpc) is 2.91. The van der Waals surface area contributed by atoms with Crippen LogP contribution in [0, 0.1) is 10.1 Å². The van der Waals surface area contributed by atoms with Gasteiger partial charge in [0.2, 0.25) is 11.7 Å². The van der Waals surface area contributed by atoms with Gasteiger partial charge in [0.25, 0.3) is 0 Å². The van der Waals surface area contributed by atoms with Crippen LogP contribution in [0.1, 0.15) is 19.8 Å². The molecule has 0 bridgehead atoms. The fourth-order valence-electron chi connectivity index (χ4n) is 2.58. The maximum absolute atomic E-state index is 11.0. The molecule has 1 aliphatic rings. The van der Waals surface area contributed by atoms with E-state index in [0.717, 1.165) is 19.5 Å². The molecule has 1 N–H and O–H groups in total. The first kappa shape index (κ1) is 14.5. The quantitative estimate of drug-likeness (QED) is 0.633. The molecule has 2 heterocycles. The molecule has 1 aromatic rings. The molecular formula is C13H20N4O3. The zero-order chi connectivity index (χ0) is 14.5. The standard InChI is InChI=1S/C13H20N4O3/c1-3-16-8-4-5-10(16)9-14-13-11(17(18)19)6-7-12(15-13)20-2/h6-7,10H,3-5,8-9H2,1-2H3,(H,14,15). The molecular weight excluding hydrogens is 260 g/mol. The van der Waals surface area contributed by atoms with Gasteiger partial charge in [0.05, 0.1) is 12.0 Å². The third-order valence-electron chi connectivity index (χ3n) is 3.66. The molecule has 0 spiro atoms. The summed E-state index contributed by atoms with van der Waals surface area (Å²) in [6, 6.07) is 3.32. The number of ether oxygens (including phenoxy) is 1. The third kappa shape index (κ3) is 3.16. The Morgan fingerprint density at radius 2 is 2.40 bits per heavy atom. The number of rotatable bonds is 6. The van der Waals surface area contributed by atoms with E-state index in [1.807, 2.05) is 0 Å². The Hall–Kier alpha value is -1.89. The number of nitrogens with zero attached hydrogens (tertiary/aromatic N) is 3. The molecule has 1 aromatic heterocycles. The van der Waals surface area contributed by atoms with Crippen molar-refractivity contribution in [2.45, 2.75) is 25.8 Å². The van der Waals surface area contributed by atoms with E-state index in [9.17, 15) is 10.1 Å². The molecule has 0 radical (unpaired) electrons. The van der Waals surface area contributed by atoms with Gasteiger partial charge in [-0.3, -0.25) is 15.0 Å². The second-order valence-corrected chi connectivity index (χ2v) is 4.78. The van der Waals surface area contributed by atoms with E-state index in [2.05, 4.69) is 22.1 Å². The number of aromatic nitrogens is 1. The zero-order valence-electron chi connectivity index (χ0n) is 11.8. The number of hydrogen-bond acceptors (Lipinski definition) is 6. The Labute approximate surface area is 118 Å². The van der Waals surface area contributed by atoms with E-state index in [1.54, 1.807) is 0 Å². The van der Waals surface area contributed by atoms with Crippen LogP contribution in [-0.4, -0.2) is 47.6 Å². The van der Waals surface area contributed by atoms with Crippen LogP contribution in [0.5, 0.6) is 5.88 Å². The summed E-state index contributed by atoms with van der Waals surface area (Å²) >= 11 is 0. The molecule has 1 aliphatic heterocycles. The molecule has 0 aliphatic carbocycles. The number of nitro groups is 1. The fourth-order valence-corrected chi connectivity index (χ4v) is 2.58. The first-order chi connectivity index (χ1) is 9.65. The van der Waals surface area contributed by atoms with E-state index >= 15 is 0 Å². The van der Waals surface area contributed by atoms with Crippen LogP contribution in [0.15, 0.2) is 12.1 Å². The van der Waals surface area contributed by atoms with Gasteiger partial charge in [-0.05, 0) is 25.9 Å². The van der Waals surface area contributed by atoms with Crippen LogP contribution in [0.2, 0.25) is 0 Å². The van der Waals surface area contributed by atoms with Crippen LogP contribution < -0.4 is 10.1 Å². The molecule has 0 aromatic carbocycles.